The summed E-state index contributed by atoms with van der Waals surface area (Å²) < 4.78 is 1.88. The van der Waals surface area contributed by atoms with Gasteiger partial charge in [-0.2, -0.15) is 0 Å². The molecule has 5 heavy (non-hydrogen) atoms. The van der Waals surface area contributed by atoms with Crippen molar-refractivity contribution < 1.29 is 35.4 Å². The molecule has 0 unspecified atom stereocenters. The van der Waals surface area contributed by atoms with Crippen molar-refractivity contribution in [2.45, 2.75) is 0 Å². The zero-order valence-corrected chi connectivity index (χ0v) is 6.08. The molecule has 0 aromatic heterocycles. The molecule has 21 valence electrons. The van der Waals surface area contributed by atoms with Gasteiger partial charge in [-0.15, -0.1) is 0 Å². The summed E-state index contributed by atoms with van der Waals surface area (Å²) in [4.78, 5) is 0. The standard InChI is InChI=1S/CN.Fe.Na.Zn.H/c1-2;;;;. The quantitative estimate of drug-likeness (QED) is 0.445. The van der Waals surface area contributed by atoms with Crippen molar-refractivity contribution in [3.63, 3.8) is 0 Å². The molecule has 0 rings (SSSR count). The molecule has 0 N–H and O–H groups in total. The molecule has 0 heterocycles. The van der Waals surface area contributed by atoms with Crippen LogP contribution in [-0.4, -0.2) is 29.6 Å². The molecule has 0 aliphatic rings. The van der Waals surface area contributed by atoms with Crippen LogP contribution in [0, 0.1) is 9.93 Å². The van der Waals surface area contributed by atoms with Gasteiger partial charge in [0.15, 0.2) is 0 Å². The van der Waals surface area contributed by atoms with Crippen molar-refractivity contribution >= 4 is 29.6 Å². The van der Waals surface area contributed by atoms with Crippen LogP contribution < -0.4 is 0 Å². The van der Waals surface area contributed by atoms with Crippen LogP contribution in [0.1, 0.15) is 0 Å². The number of nitrogens with zero attached hydrogens (tertiary/aromatic N) is 1. The predicted molar refractivity (Wildman–Crippen MR) is 12.8 cm³/mol. The Balaban J connectivity index is -0.0000000200. The summed E-state index contributed by atoms with van der Waals surface area (Å²) in [7, 11) is 0. The van der Waals surface area contributed by atoms with Crippen LogP contribution in [0.4, 0.5) is 0 Å². The van der Waals surface area contributed by atoms with Gasteiger partial charge >= 0.3 is 57.8 Å². The molecule has 0 spiro atoms. The Labute approximate surface area is 73.9 Å². The molecule has 0 aliphatic carbocycles. The Morgan fingerprint density at radius 1 is 1.60 bits per heavy atom. The van der Waals surface area contributed by atoms with E-state index in [1.54, 1.807) is 0 Å². The first-order valence-electron chi connectivity index (χ1n) is 0.577. The van der Waals surface area contributed by atoms with E-state index < -0.39 is 0 Å². The molecule has 0 aromatic carbocycles. The fourth-order valence-corrected chi connectivity index (χ4v) is 0. The van der Waals surface area contributed by atoms with Crippen LogP contribution in [0.2, 0.25) is 0 Å². The van der Waals surface area contributed by atoms with Gasteiger partial charge in [-0.3, -0.25) is 0 Å². The fraction of sp³-hybridized carbons (Fsp3) is 0. The van der Waals surface area contributed by atoms with Gasteiger partial charge in [-0.05, 0) is 0 Å². The Morgan fingerprint density at radius 2 is 1.60 bits per heavy atom. The van der Waals surface area contributed by atoms with Gasteiger partial charge in [0.2, 0.25) is 0 Å². The van der Waals surface area contributed by atoms with Crippen LogP contribution in [-0.2, 0) is 35.4 Å². The van der Waals surface area contributed by atoms with Crippen molar-refractivity contribution in [1.29, 1.82) is 5.26 Å². The molecule has 0 fully saturated rings. The second kappa shape index (κ2) is 17.4. The first-order valence-corrected chi connectivity index (χ1v) is 2.06. The van der Waals surface area contributed by atoms with Crippen molar-refractivity contribution in [1.82, 2.24) is 0 Å². The second-order valence-electron chi connectivity index (χ2n) is 0.158. The summed E-state index contributed by atoms with van der Waals surface area (Å²) in [5.74, 6) is 0. The first-order chi connectivity index (χ1) is 1.41. The monoisotopic (exact) mass is 170 g/mol. The normalized spacial score (nSPS) is 1.80. The first kappa shape index (κ1) is 15.9. The van der Waals surface area contributed by atoms with Crippen LogP contribution >= 0.6 is 0 Å². The van der Waals surface area contributed by atoms with Gasteiger partial charge in [-0.25, -0.2) is 0 Å². The van der Waals surface area contributed by atoms with E-state index in [-0.39, 0.29) is 46.6 Å². The van der Waals surface area contributed by atoms with E-state index in [0.29, 0.717) is 0 Å². The summed E-state index contributed by atoms with van der Waals surface area (Å²) in [5.41, 5.74) is 0. The molecule has 0 bridgehead atoms. The van der Waals surface area contributed by atoms with Crippen molar-refractivity contribution in [3.8, 4) is 4.66 Å². The summed E-state index contributed by atoms with van der Waals surface area (Å²) >= 11 is 0.750. The molecule has 0 amide bonds. The van der Waals surface area contributed by atoms with Crippen molar-refractivity contribution in [2.75, 3.05) is 0 Å². The number of hydrogen-bond donors (Lipinski definition) is 0. The van der Waals surface area contributed by atoms with Crippen molar-refractivity contribution in [2.24, 2.45) is 0 Å². The Hall–Kier alpha value is 1.63. The summed E-state index contributed by atoms with van der Waals surface area (Å²) in [6.45, 7) is 0. The third-order valence-electron chi connectivity index (χ3n) is 0. The summed E-state index contributed by atoms with van der Waals surface area (Å²) in [6.07, 6.45) is 0. The van der Waals surface area contributed by atoms with Crippen LogP contribution in [0.5, 0.6) is 0 Å². The maximum atomic E-state index is 7.38. The summed E-state index contributed by atoms with van der Waals surface area (Å²) in [6, 6.07) is 0. The van der Waals surface area contributed by atoms with Gasteiger partial charge in [-0.1, -0.05) is 0 Å². The molecule has 4 heteroatoms. The Bertz CT molecular complexity index is 33.1. The minimum atomic E-state index is 0. The molecule has 0 saturated carbocycles. The zero-order chi connectivity index (χ0) is 2.71. The van der Waals surface area contributed by atoms with E-state index in [9.17, 15) is 0 Å². The maximum absolute atomic E-state index is 7.38. The van der Waals surface area contributed by atoms with Crippen molar-refractivity contribution in [3.05, 3.63) is 0 Å². The van der Waals surface area contributed by atoms with E-state index in [4.69, 9.17) is 5.26 Å². The zero-order valence-electron chi connectivity index (χ0n) is 2.01. The molecule has 0 atom stereocenters. The molecule has 1 nitrogen and oxygen atoms in total. The fourth-order valence-electron chi connectivity index (χ4n) is 0. The van der Waals surface area contributed by atoms with Crippen LogP contribution in [0.25, 0.3) is 0 Å². The van der Waals surface area contributed by atoms with Crippen LogP contribution in [0.3, 0.4) is 0 Å². The Kier molecular flexibility index (Phi) is 55.6. The average molecular weight is 171 g/mol. The van der Waals surface area contributed by atoms with E-state index in [2.05, 4.69) is 0 Å². The third kappa shape index (κ3) is 27.9. The molecular formula is CHFeNNaZn. The molecule has 0 radical (unpaired) electrons. The van der Waals surface area contributed by atoms with Gasteiger partial charge in [0, 0.05) is 17.1 Å². The van der Waals surface area contributed by atoms with Crippen LogP contribution in [0.15, 0.2) is 0 Å². The van der Waals surface area contributed by atoms with E-state index >= 15 is 0 Å². The van der Waals surface area contributed by atoms with Gasteiger partial charge in [0.1, 0.15) is 0 Å². The van der Waals surface area contributed by atoms with Gasteiger partial charge < -0.3 is 0 Å². The second-order valence-corrected chi connectivity index (χ2v) is 0.822. The molecule has 0 saturated heterocycles. The average Bonchev–Trinajstić information content (AvgIpc) is 0.918. The number of hydrogen-bond acceptors (Lipinski definition) is 1. The van der Waals surface area contributed by atoms with E-state index in [1.807, 2.05) is 4.66 Å². The topological polar surface area (TPSA) is 23.8 Å². The van der Waals surface area contributed by atoms with Gasteiger partial charge in [0.25, 0.3) is 0 Å². The molecular weight excluding hydrogens is 170 g/mol. The molecule has 0 aliphatic heterocycles. The van der Waals surface area contributed by atoms with E-state index in [1.165, 1.54) is 0 Å². The number of rotatable bonds is 0. The van der Waals surface area contributed by atoms with Gasteiger partial charge in [0.05, 0.1) is 0 Å². The Morgan fingerprint density at radius 3 is 1.60 bits per heavy atom. The SMILES string of the molecule is N#[C][Zn].[Fe].[NaH]. The molecule has 0 aromatic rings. The number of nitriles is 1. The third-order valence-corrected chi connectivity index (χ3v) is 0. The van der Waals surface area contributed by atoms with E-state index in [0.717, 1.165) is 18.3 Å². The predicted octanol–water partition coefficient (Wildman–Crippen LogP) is -0.637. The summed E-state index contributed by atoms with van der Waals surface area (Å²) in [5, 5.41) is 7.38. The minimum absolute atomic E-state index is 0.